The number of rotatable bonds is 1. The van der Waals surface area contributed by atoms with Crippen molar-refractivity contribution in [2.24, 2.45) is 0 Å². The second kappa shape index (κ2) is 2.50. The first-order valence-electron chi connectivity index (χ1n) is 4.59. The van der Waals surface area contributed by atoms with Crippen LogP contribution in [0.3, 0.4) is 0 Å². The topological polar surface area (TPSA) is 12.5 Å². The first-order valence-corrected chi connectivity index (χ1v) is 4.96. The van der Waals surface area contributed by atoms with Crippen LogP contribution < -0.4 is 0 Å². The van der Waals surface area contributed by atoms with Crippen LogP contribution in [-0.2, 0) is 10.3 Å². The van der Waals surface area contributed by atoms with Crippen molar-refractivity contribution >= 4 is 11.6 Å². The maximum atomic E-state index is 6.28. The molecule has 1 saturated heterocycles. The SMILES string of the molecule is ClC12C=CC=CC1(c1ccccc1)O2. The van der Waals surface area contributed by atoms with E-state index in [0.29, 0.717) is 0 Å². The molecule has 0 saturated carbocycles. The molecule has 2 aliphatic rings. The van der Waals surface area contributed by atoms with Gasteiger partial charge in [0, 0.05) is 0 Å². The highest BCUT2D eigenvalue weighted by Gasteiger charge is 2.68. The average molecular weight is 205 g/mol. The van der Waals surface area contributed by atoms with Crippen molar-refractivity contribution < 1.29 is 4.74 Å². The number of halogens is 1. The van der Waals surface area contributed by atoms with Crippen molar-refractivity contribution in [1.82, 2.24) is 0 Å². The summed E-state index contributed by atoms with van der Waals surface area (Å²) in [5.74, 6) is 0. The molecule has 2 atom stereocenters. The van der Waals surface area contributed by atoms with Crippen molar-refractivity contribution in [2.75, 3.05) is 0 Å². The van der Waals surface area contributed by atoms with Crippen molar-refractivity contribution in [2.45, 2.75) is 10.7 Å². The molecular formula is C12H9ClO. The lowest BCUT2D eigenvalue weighted by atomic mass is 9.92. The van der Waals surface area contributed by atoms with E-state index in [1.807, 2.05) is 54.6 Å². The maximum absolute atomic E-state index is 6.28. The summed E-state index contributed by atoms with van der Waals surface area (Å²) < 4.78 is 5.63. The minimum atomic E-state index is -0.650. The molecule has 3 rings (SSSR count). The Bertz CT molecular complexity index is 423. The monoisotopic (exact) mass is 204 g/mol. The largest absolute Gasteiger partial charge is 0.332 e. The maximum Gasteiger partial charge on any atom is 0.199 e. The highest BCUT2D eigenvalue weighted by molar-refractivity contribution is 6.27. The van der Waals surface area contributed by atoms with Crippen LogP contribution in [0.25, 0.3) is 0 Å². The standard InChI is InChI=1S/C12H9ClO/c13-12-9-5-4-8-11(12,14-12)10-6-2-1-3-7-10/h1-9H. The van der Waals surface area contributed by atoms with Gasteiger partial charge in [-0.15, -0.1) is 0 Å². The van der Waals surface area contributed by atoms with Crippen LogP contribution in [-0.4, -0.2) is 5.06 Å². The van der Waals surface area contributed by atoms with E-state index in [4.69, 9.17) is 16.3 Å². The molecule has 1 fully saturated rings. The van der Waals surface area contributed by atoms with E-state index in [2.05, 4.69) is 0 Å². The molecule has 0 N–H and O–H groups in total. The van der Waals surface area contributed by atoms with E-state index in [1.54, 1.807) is 0 Å². The summed E-state index contributed by atoms with van der Waals surface area (Å²) >= 11 is 6.28. The number of fused-ring (bicyclic) bond motifs is 1. The number of allylic oxidation sites excluding steroid dienone is 2. The molecule has 1 aromatic carbocycles. The van der Waals surface area contributed by atoms with E-state index in [9.17, 15) is 0 Å². The Morgan fingerprint density at radius 2 is 1.71 bits per heavy atom. The summed E-state index contributed by atoms with van der Waals surface area (Å²) in [6.45, 7) is 0. The Balaban J connectivity index is 2.10. The van der Waals surface area contributed by atoms with Gasteiger partial charge in [-0.2, -0.15) is 0 Å². The number of hydrogen-bond donors (Lipinski definition) is 0. The van der Waals surface area contributed by atoms with Crippen molar-refractivity contribution in [3.05, 3.63) is 60.2 Å². The predicted molar refractivity (Wildman–Crippen MR) is 56.1 cm³/mol. The number of benzene rings is 1. The number of hydrogen-bond acceptors (Lipinski definition) is 1. The van der Waals surface area contributed by atoms with Gasteiger partial charge in [0.2, 0.25) is 0 Å². The van der Waals surface area contributed by atoms with E-state index in [0.717, 1.165) is 5.56 Å². The predicted octanol–water partition coefficient (Wildman–Crippen LogP) is 2.97. The lowest BCUT2D eigenvalue weighted by Gasteiger charge is -2.11. The van der Waals surface area contributed by atoms with Gasteiger partial charge in [0.25, 0.3) is 0 Å². The van der Waals surface area contributed by atoms with Crippen LogP contribution in [0.2, 0.25) is 0 Å². The van der Waals surface area contributed by atoms with Gasteiger partial charge < -0.3 is 4.74 Å². The molecule has 1 aliphatic carbocycles. The van der Waals surface area contributed by atoms with Gasteiger partial charge in [0.05, 0.1) is 0 Å². The Labute approximate surface area is 87.6 Å². The van der Waals surface area contributed by atoms with Gasteiger partial charge in [-0.1, -0.05) is 54.1 Å². The molecule has 14 heavy (non-hydrogen) atoms. The molecule has 2 heteroatoms. The number of epoxide rings is 1. The molecule has 1 aliphatic heterocycles. The fraction of sp³-hybridized carbons (Fsp3) is 0.167. The first kappa shape index (κ1) is 8.27. The lowest BCUT2D eigenvalue weighted by molar-refractivity contribution is 0.337. The number of alkyl halides is 1. The normalized spacial score (nSPS) is 38.1. The molecule has 0 bridgehead atoms. The summed E-state index contributed by atoms with van der Waals surface area (Å²) in [5.41, 5.74) is 0.681. The molecule has 2 unspecified atom stereocenters. The molecule has 0 spiro atoms. The van der Waals surface area contributed by atoms with E-state index < -0.39 is 10.7 Å². The summed E-state index contributed by atoms with van der Waals surface area (Å²) in [6, 6.07) is 10.0. The first-order chi connectivity index (χ1) is 6.77. The zero-order valence-corrected chi connectivity index (χ0v) is 8.24. The van der Waals surface area contributed by atoms with E-state index in [-0.39, 0.29) is 0 Å². The fourth-order valence-corrected chi connectivity index (χ4v) is 2.29. The quantitative estimate of drug-likeness (QED) is 0.506. The van der Waals surface area contributed by atoms with Gasteiger partial charge >= 0.3 is 0 Å². The van der Waals surface area contributed by atoms with Gasteiger partial charge in [0.1, 0.15) is 0 Å². The molecule has 0 radical (unpaired) electrons. The second-order valence-electron chi connectivity index (χ2n) is 3.57. The van der Waals surface area contributed by atoms with Crippen molar-refractivity contribution in [3.8, 4) is 0 Å². The Morgan fingerprint density at radius 1 is 1.00 bits per heavy atom. The second-order valence-corrected chi connectivity index (χ2v) is 4.13. The number of ether oxygens (including phenoxy) is 1. The lowest BCUT2D eigenvalue weighted by Crippen LogP contribution is -2.16. The Kier molecular flexibility index (Phi) is 1.48. The van der Waals surface area contributed by atoms with Gasteiger partial charge in [0.15, 0.2) is 10.7 Å². The van der Waals surface area contributed by atoms with Gasteiger partial charge in [-0.3, -0.25) is 0 Å². The van der Waals surface area contributed by atoms with Crippen molar-refractivity contribution in [3.63, 3.8) is 0 Å². The molecule has 1 heterocycles. The molecule has 70 valence electrons. The highest BCUT2D eigenvalue weighted by Crippen LogP contribution is 2.61. The zero-order chi connectivity index (χ0) is 9.65. The summed E-state index contributed by atoms with van der Waals surface area (Å²) in [6.07, 6.45) is 7.79. The van der Waals surface area contributed by atoms with Gasteiger partial charge in [-0.25, -0.2) is 0 Å². The Hall–Kier alpha value is -1.05. The molecule has 1 aromatic rings. The highest BCUT2D eigenvalue weighted by atomic mass is 35.5. The third kappa shape index (κ3) is 0.887. The molecule has 0 amide bonds. The molecule has 1 nitrogen and oxygen atoms in total. The third-order valence-electron chi connectivity index (χ3n) is 2.73. The third-order valence-corrected chi connectivity index (χ3v) is 3.21. The van der Waals surface area contributed by atoms with Crippen LogP contribution in [0, 0.1) is 0 Å². The minimum Gasteiger partial charge on any atom is -0.332 e. The fourth-order valence-electron chi connectivity index (χ4n) is 1.92. The van der Waals surface area contributed by atoms with Crippen LogP contribution in [0.5, 0.6) is 0 Å². The molecule has 0 aromatic heterocycles. The smallest absolute Gasteiger partial charge is 0.199 e. The van der Waals surface area contributed by atoms with E-state index >= 15 is 0 Å². The van der Waals surface area contributed by atoms with Gasteiger partial charge in [-0.05, 0) is 17.7 Å². The summed E-state index contributed by atoms with van der Waals surface area (Å²) in [7, 11) is 0. The average Bonchev–Trinajstić information content (AvgIpc) is 2.87. The van der Waals surface area contributed by atoms with Crippen LogP contribution in [0.1, 0.15) is 5.56 Å². The van der Waals surface area contributed by atoms with Crippen LogP contribution in [0.15, 0.2) is 54.6 Å². The zero-order valence-electron chi connectivity index (χ0n) is 7.48. The van der Waals surface area contributed by atoms with Crippen LogP contribution >= 0.6 is 11.6 Å². The summed E-state index contributed by atoms with van der Waals surface area (Å²) in [4.78, 5) is 0. The minimum absolute atomic E-state index is 0.426. The van der Waals surface area contributed by atoms with Crippen LogP contribution in [0.4, 0.5) is 0 Å². The Morgan fingerprint density at radius 3 is 2.43 bits per heavy atom. The summed E-state index contributed by atoms with van der Waals surface area (Å²) in [5, 5.41) is -0.650. The van der Waals surface area contributed by atoms with E-state index in [1.165, 1.54) is 0 Å². The molecular weight excluding hydrogens is 196 g/mol. The van der Waals surface area contributed by atoms with Crippen molar-refractivity contribution in [1.29, 1.82) is 0 Å².